The van der Waals surface area contributed by atoms with Crippen LogP contribution in [0, 0.1) is 23.0 Å². The van der Waals surface area contributed by atoms with E-state index in [2.05, 4.69) is 4.98 Å². The molecule has 0 aliphatic heterocycles. The highest BCUT2D eigenvalue weighted by Gasteiger charge is 2.38. The number of fused-ring (bicyclic) bond motifs is 1. The minimum atomic E-state index is -4.67. The Bertz CT molecular complexity index is 1340. The van der Waals surface area contributed by atoms with Gasteiger partial charge in [-0.2, -0.15) is 18.4 Å². The normalized spacial score (nSPS) is 12.2. The Balaban J connectivity index is 1.78. The van der Waals surface area contributed by atoms with Crippen LogP contribution in [0.1, 0.15) is 17.0 Å². The lowest BCUT2D eigenvalue weighted by molar-refractivity contribution is -0.145. The van der Waals surface area contributed by atoms with Gasteiger partial charge in [-0.25, -0.2) is 13.8 Å². The minimum Gasteiger partial charge on any atom is -0.289 e. The van der Waals surface area contributed by atoms with Crippen molar-refractivity contribution in [2.75, 3.05) is 0 Å². The predicted octanol–water partition coefficient (Wildman–Crippen LogP) is 6.39. The van der Waals surface area contributed by atoms with E-state index < -0.39 is 23.6 Å². The number of benzene rings is 3. The average Bonchev–Trinajstić information content (AvgIpc) is 3.15. The molecular formula is C23H12F5N3. The van der Waals surface area contributed by atoms with Crippen LogP contribution in [-0.2, 0) is 6.18 Å². The number of imidazole rings is 1. The second-order valence-electron chi connectivity index (χ2n) is 6.64. The zero-order chi connectivity index (χ0) is 22.2. The van der Waals surface area contributed by atoms with Gasteiger partial charge in [0.1, 0.15) is 11.6 Å². The molecule has 0 fully saturated rings. The Labute approximate surface area is 173 Å². The molecule has 154 valence electrons. The molecule has 0 bridgehead atoms. The summed E-state index contributed by atoms with van der Waals surface area (Å²) in [5.74, 6) is -2.51. The first-order chi connectivity index (χ1) is 14.8. The third-order valence-corrected chi connectivity index (χ3v) is 4.62. The SMILES string of the molecule is N#CC(=Cc1ccc(-n2c(C(F)(F)F)nc3ccccc32)cc1)c1cc(F)ccc1F. The van der Waals surface area contributed by atoms with Crippen molar-refractivity contribution in [3.8, 4) is 11.8 Å². The van der Waals surface area contributed by atoms with Crippen molar-refractivity contribution in [3.05, 3.63) is 95.3 Å². The molecule has 0 N–H and O–H groups in total. The molecule has 31 heavy (non-hydrogen) atoms. The van der Waals surface area contributed by atoms with Gasteiger partial charge < -0.3 is 0 Å². The highest BCUT2D eigenvalue weighted by Crippen LogP contribution is 2.34. The van der Waals surface area contributed by atoms with Crippen LogP contribution >= 0.6 is 0 Å². The summed E-state index contributed by atoms with van der Waals surface area (Å²) in [6, 6.07) is 16.7. The zero-order valence-corrected chi connectivity index (χ0v) is 15.7. The fraction of sp³-hybridized carbons (Fsp3) is 0.0435. The van der Waals surface area contributed by atoms with E-state index in [1.54, 1.807) is 12.1 Å². The zero-order valence-electron chi connectivity index (χ0n) is 15.7. The fourth-order valence-corrected chi connectivity index (χ4v) is 3.24. The third kappa shape index (κ3) is 3.90. The number of allylic oxidation sites excluding steroid dienone is 1. The quantitative estimate of drug-likeness (QED) is 0.217. The topological polar surface area (TPSA) is 41.6 Å². The molecule has 0 saturated heterocycles. The first-order valence-electron chi connectivity index (χ1n) is 9.00. The maximum atomic E-state index is 14.0. The molecule has 0 radical (unpaired) electrons. The first kappa shape index (κ1) is 20.3. The lowest BCUT2D eigenvalue weighted by Gasteiger charge is -2.12. The van der Waals surface area contributed by atoms with Gasteiger partial charge in [0, 0.05) is 11.3 Å². The van der Waals surface area contributed by atoms with E-state index in [4.69, 9.17) is 0 Å². The summed E-state index contributed by atoms with van der Waals surface area (Å²) in [7, 11) is 0. The Hall–Kier alpha value is -3.99. The molecular weight excluding hydrogens is 413 g/mol. The number of nitrogens with zero attached hydrogens (tertiary/aromatic N) is 3. The van der Waals surface area contributed by atoms with Crippen molar-refractivity contribution in [2.24, 2.45) is 0 Å². The molecule has 1 heterocycles. The van der Waals surface area contributed by atoms with E-state index in [0.717, 1.165) is 22.8 Å². The smallest absolute Gasteiger partial charge is 0.289 e. The van der Waals surface area contributed by atoms with Gasteiger partial charge in [-0.15, -0.1) is 0 Å². The molecule has 8 heteroatoms. The van der Waals surface area contributed by atoms with E-state index in [1.165, 1.54) is 42.5 Å². The van der Waals surface area contributed by atoms with Crippen molar-refractivity contribution >= 4 is 22.7 Å². The van der Waals surface area contributed by atoms with Gasteiger partial charge in [-0.05, 0) is 54.1 Å². The Morgan fingerprint density at radius 3 is 2.35 bits per heavy atom. The number of hydrogen-bond acceptors (Lipinski definition) is 2. The molecule has 0 amide bonds. The lowest BCUT2D eigenvalue weighted by Crippen LogP contribution is -2.13. The largest absolute Gasteiger partial charge is 0.450 e. The average molecular weight is 425 g/mol. The van der Waals surface area contributed by atoms with Crippen molar-refractivity contribution in [1.29, 1.82) is 5.26 Å². The number of alkyl halides is 3. The number of aromatic nitrogens is 2. The number of halogens is 5. The number of nitriles is 1. The van der Waals surface area contributed by atoms with Gasteiger partial charge in [-0.1, -0.05) is 24.3 Å². The molecule has 1 aromatic heterocycles. The van der Waals surface area contributed by atoms with Crippen LogP contribution in [0.5, 0.6) is 0 Å². The number of hydrogen-bond donors (Lipinski definition) is 0. The Morgan fingerprint density at radius 2 is 1.68 bits per heavy atom. The van der Waals surface area contributed by atoms with E-state index >= 15 is 0 Å². The fourth-order valence-electron chi connectivity index (χ4n) is 3.24. The summed E-state index contributed by atoms with van der Waals surface area (Å²) < 4.78 is 69.0. The molecule has 3 nitrogen and oxygen atoms in total. The monoisotopic (exact) mass is 425 g/mol. The summed E-state index contributed by atoms with van der Waals surface area (Å²) in [4.78, 5) is 3.71. The van der Waals surface area contributed by atoms with E-state index in [9.17, 15) is 27.2 Å². The maximum absolute atomic E-state index is 14.0. The Kier molecular flexibility index (Phi) is 5.03. The van der Waals surface area contributed by atoms with Crippen LogP contribution in [-0.4, -0.2) is 9.55 Å². The van der Waals surface area contributed by atoms with Gasteiger partial charge in [0.05, 0.1) is 22.7 Å². The number of para-hydroxylation sites is 2. The van der Waals surface area contributed by atoms with Crippen molar-refractivity contribution in [2.45, 2.75) is 6.18 Å². The van der Waals surface area contributed by atoms with Crippen LogP contribution in [0.4, 0.5) is 22.0 Å². The van der Waals surface area contributed by atoms with E-state index in [1.807, 2.05) is 6.07 Å². The molecule has 0 aliphatic rings. The summed E-state index contributed by atoms with van der Waals surface area (Å²) >= 11 is 0. The number of rotatable bonds is 3. The standard InChI is InChI=1S/C23H12F5N3/c24-16-7-10-19(25)18(12-16)15(13-29)11-14-5-8-17(9-6-14)31-21-4-2-1-3-20(21)30-22(31)23(26,27)28/h1-12H. The lowest BCUT2D eigenvalue weighted by atomic mass is 10.0. The summed E-state index contributed by atoms with van der Waals surface area (Å²) in [6.45, 7) is 0. The second-order valence-corrected chi connectivity index (χ2v) is 6.64. The van der Waals surface area contributed by atoms with E-state index in [-0.39, 0.29) is 27.9 Å². The Morgan fingerprint density at radius 1 is 0.968 bits per heavy atom. The van der Waals surface area contributed by atoms with Gasteiger partial charge in [0.2, 0.25) is 5.82 Å². The summed E-state index contributed by atoms with van der Waals surface area (Å²) in [6.07, 6.45) is -3.33. The van der Waals surface area contributed by atoms with Crippen molar-refractivity contribution in [1.82, 2.24) is 9.55 Å². The minimum absolute atomic E-state index is 0.117. The van der Waals surface area contributed by atoms with Crippen LogP contribution in [0.25, 0.3) is 28.4 Å². The van der Waals surface area contributed by atoms with Crippen LogP contribution in [0.15, 0.2) is 66.7 Å². The van der Waals surface area contributed by atoms with Gasteiger partial charge in [-0.3, -0.25) is 4.57 Å². The van der Waals surface area contributed by atoms with E-state index in [0.29, 0.717) is 5.56 Å². The third-order valence-electron chi connectivity index (χ3n) is 4.62. The molecule has 4 rings (SSSR count). The molecule has 0 aliphatic carbocycles. The maximum Gasteiger partial charge on any atom is 0.450 e. The highest BCUT2D eigenvalue weighted by atomic mass is 19.4. The molecule has 0 saturated carbocycles. The first-order valence-corrected chi connectivity index (χ1v) is 9.00. The summed E-state index contributed by atoms with van der Waals surface area (Å²) in [5, 5.41) is 9.36. The molecule has 4 aromatic rings. The van der Waals surface area contributed by atoms with Crippen LogP contribution in [0.3, 0.4) is 0 Å². The van der Waals surface area contributed by atoms with Crippen molar-refractivity contribution in [3.63, 3.8) is 0 Å². The van der Waals surface area contributed by atoms with Crippen LogP contribution < -0.4 is 0 Å². The summed E-state index contributed by atoms with van der Waals surface area (Å²) in [5.41, 5.74) is 0.820. The molecule has 0 spiro atoms. The van der Waals surface area contributed by atoms with Gasteiger partial charge in [0.25, 0.3) is 0 Å². The van der Waals surface area contributed by atoms with Gasteiger partial charge >= 0.3 is 6.18 Å². The molecule has 0 unspecified atom stereocenters. The molecule has 0 atom stereocenters. The van der Waals surface area contributed by atoms with Gasteiger partial charge in [0.15, 0.2) is 0 Å². The predicted molar refractivity (Wildman–Crippen MR) is 106 cm³/mol. The second kappa shape index (κ2) is 7.69. The van der Waals surface area contributed by atoms with Crippen molar-refractivity contribution < 1.29 is 22.0 Å². The molecule has 3 aromatic carbocycles. The highest BCUT2D eigenvalue weighted by molar-refractivity contribution is 5.90. The van der Waals surface area contributed by atoms with Crippen LogP contribution in [0.2, 0.25) is 0 Å².